The highest BCUT2D eigenvalue weighted by Crippen LogP contribution is 2.13. The largest absolute Gasteiger partial charge is 0.341 e. The molecular formula is C18H28N2O3S. The Kier molecular flexibility index (Phi) is 6.80. The predicted octanol–water partition coefficient (Wildman–Crippen LogP) is 2.20. The number of benzene rings is 1. The molecule has 1 saturated heterocycles. The van der Waals surface area contributed by atoms with Crippen LogP contribution in [0.1, 0.15) is 37.3 Å². The van der Waals surface area contributed by atoms with Gasteiger partial charge in [-0.05, 0) is 37.3 Å². The van der Waals surface area contributed by atoms with Crippen molar-refractivity contribution in [2.45, 2.75) is 39.5 Å². The van der Waals surface area contributed by atoms with Gasteiger partial charge < -0.3 is 4.90 Å². The molecule has 1 aromatic rings. The number of sulfonamides is 1. The summed E-state index contributed by atoms with van der Waals surface area (Å²) in [5, 5.41) is 0. The molecule has 1 aliphatic heterocycles. The van der Waals surface area contributed by atoms with E-state index in [0.29, 0.717) is 45.4 Å². The Morgan fingerprint density at radius 1 is 1.12 bits per heavy atom. The number of carbonyl (C=O) groups is 1. The van der Waals surface area contributed by atoms with Crippen LogP contribution in [-0.4, -0.2) is 55.5 Å². The Morgan fingerprint density at radius 2 is 1.88 bits per heavy atom. The van der Waals surface area contributed by atoms with Gasteiger partial charge >= 0.3 is 0 Å². The Balaban J connectivity index is 1.89. The fraction of sp³-hybridized carbons (Fsp3) is 0.611. The molecule has 1 amide bonds. The van der Waals surface area contributed by atoms with Crippen LogP contribution in [0, 0.1) is 6.92 Å². The van der Waals surface area contributed by atoms with Gasteiger partial charge in [0.1, 0.15) is 0 Å². The van der Waals surface area contributed by atoms with E-state index in [2.05, 4.69) is 19.1 Å². The molecule has 0 aliphatic carbocycles. The highest BCUT2D eigenvalue weighted by molar-refractivity contribution is 7.89. The normalized spacial score (nSPS) is 16.8. The summed E-state index contributed by atoms with van der Waals surface area (Å²) in [5.41, 5.74) is 2.41. The minimum Gasteiger partial charge on any atom is -0.341 e. The summed E-state index contributed by atoms with van der Waals surface area (Å²) in [4.78, 5) is 14.3. The monoisotopic (exact) mass is 352 g/mol. The molecule has 1 aromatic carbocycles. The number of nitrogens with zero attached hydrogens (tertiary/aromatic N) is 2. The molecule has 134 valence electrons. The Morgan fingerprint density at radius 3 is 2.58 bits per heavy atom. The van der Waals surface area contributed by atoms with Gasteiger partial charge in [-0.15, -0.1) is 0 Å². The lowest BCUT2D eigenvalue weighted by molar-refractivity contribution is -0.131. The van der Waals surface area contributed by atoms with Crippen LogP contribution in [0.5, 0.6) is 0 Å². The van der Waals surface area contributed by atoms with Gasteiger partial charge in [-0.1, -0.05) is 31.2 Å². The van der Waals surface area contributed by atoms with Crippen molar-refractivity contribution in [3.63, 3.8) is 0 Å². The molecule has 0 atom stereocenters. The van der Waals surface area contributed by atoms with Gasteiger partial charge in [0.05, 0.1) is 5.75 Å². The summed E-state index contributed by atoms with van der Waals surface area (Å²) in [7, 11) is -3.17. The molecule has 0 unspecified atom stereocenters. The number of aryl methyl sites for hydroxylation is 2. The SMILES string of the molecule is CCCS(=O)(=O)N1CCCN(C(=O)CCc2ccccc2C)CC1. The molecule has 6 heteroatoms. The molecule has 1 heterocycles. The van der Waals surface area contributed by atoms with Crippen LogP contribution in [0.15, 0.2) is 24.3 Å². The van der Waals surface area contributed by atoms with Crippen LogP contribution in [0.3, 0.4) is 0 Å². The van der Waals surface area contributed by atoms with Crippen molar-refractivity contribution < 1.29 is 13.2 Å². The van der Waals surface area contributed by atoms with Crippen LogP contribution < -0.4 is 0 Å². The first kappa shape index (κ1) is 18.9. The summed E-state index contributed by atoms with van der Waals surface area (Å²) in [6.07, 6.45) is 2.55. The molecule has 24 heavy (non-hydrogen) atoms. The lowest BCUT2D eigenvalue weighted by Gasteiger charge is -2.22. The second-order valence-corrected chi connectivity index (χ2v) is 8.46. The third-order valence-corrected chi connectivity index (χ3v) is 6.61. The molecule has 0 radical (unpaired) electrons. The molecule has 0 N–H and O–H groups in total. The van der Waals surface area contributed by atoms with Crippen LogP contribution >= 0.6 is 0 Å². The van der Waals surface area contributed by atoms with Crippen LogP contribution in [0.2, 0.25) is 0 Å². The van der Waals surface area contributed by atoms with Crippen LogP contribution in [0.4, 0.5) is 0 Å². The molecule has 0 aromatic heterocycles. The highest BCUT2D eigenvalue weighted by atomic mass is 32.2. The first-order valence-electron chi connectivity index (χ1n) is 8.74. The predicted molar refractivity (Wildman–Crippen MR) is 96.3 cm³/mol. The maximum Gasteiger partial charge on any atom is 0.222 e. The van der Waals surface area contributed by atoms with Crippen molar-refractivity contribution >= 4 is 15.9 Å². The van der Waals surface area contributed by atoms with E-state index in [4.69, 9.17) is 0 Å². The molecule has 0 bridgehead atoms. The van der Waals surface area contributed by atoms with E-state index < -0.39 is 10.0 Å². The minimum atomic E-state index is -3.17. The molecule has 5 nitrogen and oxygen atoms in total. The summed E-state index contributed by atoms with van der Waals surface area (Å²) >= 11 is 0. The average molecular weight is 353 g/mol. The topological polar surface area (TPSA) is 57.7 Å². The third kappa shape index (κ3) is 5.05. The van der Waals surface area contributed by atoms with Gasteiger partial charge in [-0.25, -0.2) is 12.7 Å². The summed E-state index contributed by atoms with van der Waals surface area (Å²) in [5.74, 6) is 0.307. The lowest BCUT2D eigenvalue weighted by Crippen LogP contribution is -2.38. The van der Waals surface area contributed by atoms with Gasteiger partial charge in [0.25, 0.3) is 0 Å². The number of rotatable bonds is 6. The summed E-state index contributed by atoms with van der Waals surface area (Å²) in [6.45, 7) is 6.00. The van der Waals surface area contributed by atoms with Crippen molar-refractivity contribution in [2.75, 3.05) is 31.9 Å². The maximum absolute atomic E-state index is 12.5. The van der Waals surface area contributed by atoms with Gasteiger partial charge in [0.15, 0.2) is 0 Å². The Labute approximate surface area is 145 Å². The van der Waals surface area contributed by atoms with E-state index in [-0.39, 0.29) is 11.7 Å². The van der Waals surface area contributed by atoms with Crippen molar-refractivity contribution in [3.8, 4) is 0 Å². The van der Waals surface area contributed by atoms with Gasteiger partial charge in [0.2, 0.25) is 15.9 Å². The second kappa shape index (κ2) is 8.62. The Bertz CT molecular complexity index is 658. The maximum atomic E-state index is 12.5. The fourth-order valence-electron chi connectivity index (χ4n) is 3.10. The third-order valence-electron chi connectivity index (χ3n) is 4.53. The first-order chi connectivity index (χ1) is 11.4. The minimum absolute atomic E-state index is 0.119. The van der Waals surface area contributed by atoms with Crippen molar-refractivity contribution in [1.82, 2.24) is 9.21 Å². The molecule has 2 rings (SSSR count). The smallest absolute Gasteiger partial charge is 0.222 e. The number of carbonyl (C=O) groups excluding carboxylic acids is 1. The lowest BCUT2D eigenvalue weighted by atomic mass is 10.0. The standard InChI is InChI=1S/C18H28N2O3S/c1-3-15-24(22,23)20-12-6-11-19(13-14-20)18(21)10-9-17-8-5-4-7-16(17)2/h4-5,7-8H,3,6,9-15H2,1-2H3. The van der Waals surface area contributed by atoms with Gasteiger partial charge in [0, 0.05) is 32.6 Å². The number of hydrogen-bond acceptors (Lipinski definition) is 3. The van der Waals surface area contributed by atoms with Crippen LogP contribution in [0.25, 0.3) is 0 Å². The van der Waals surface area contributed by atoms with E-state index in [1.54, 1.807) is 4.31 Å². The van der Waals surface area contributed by atoms with Crippen molar-refractivity contribution in [2.24, 2.45) is 0 Å². The summed E-state index contributed by atoms with van der Waals surface area (Å²) in [6, 6.07) is 8.11. The molecule has 0 spiro atoms. The average Bonchev–Trinajstić information content (AvgIpc) is 2.80. The van der Waals surface area contributed by atoms with E-state index in [0.717, 1.165) is 6.42 Å². The molecule has 0 saturated carbocycles. The zero-order valence-corrected chi connectivity index (χ0v) is 15.5. The van der Waals surface area contributed by atoms with E-state index in [1.165, 1.54) is 11.1 Å². The van der Waals surface area contributed by atoms with Crippen LogP contribution in [-0.2, 0) is 21.2 Å². The van der Waals surface area contributed by atoms with Gasteiger partial charge in [-0.2, -0.15) is 0 Å². The molecule has 1 aliphatic rings. The zero-order valence-electron chi connectivity index (χ0n) is 14.7. The van der Waals surface area contributed by atoms with E-state index >= 15 is 0 Å². The van der Waals surface area contributed by atoms with Crippen molar-refractivity contribution in [3.05, 3.63) is 35.4 Å². The van der Waals surface area contributed by atoms with Gasteiger partial charge in [-0.3, -0.25) is 4.79 Å². The van der Waals surface area contributed by atoms with Crippen molar-refractivity contribution in [1.29, 1.82) is 0 Å². The molecule has 1 fully saturated rings. The first-order valence-corrected chi connectivity index (χ1v) is 10.3. The van der Waals surface area contributed by atoms with E-state index in [9.17, 15) is 13.2 Å². The zero-order chi connectivity index (χ0) is 17.6. The second-order valence-electron chi connectivity index (χ2n) is 6.38. The Hall–Kier alpha value is -1.40. The summed E-state index contributed by atoms with van der Waals surface area (Å²) < 4.78 is 25.9. The number of hydrogen-bond donors (Lipinski definition) is 0. The number of amides is 1. The van der Waals surface area contributed by atoms with E-state index in [1.807, 2.05) is 24.0 Å². The quantitative estimate of drug-likeness (QED) is 0.789. The highest BCUT2D eigenvalue weighted by Gasteiger charge is 2.25. The fourth-order valence-corrected chi connectivity index (χ4v) is 4.64. The molecular weight excluding hydrogens is 324 g/mol.